The Bertz CT molecular complexity index is 1290. The Morgan fingerprint density at radius 2 is 2.03 bits per heavy atom. The van der Waals surface area contributed by atoms with Gasteiger partial charge in [-0.05, 0) is 44.7 Å². The molecule has 1 aromatic carbocycles. The minimum absolute atomic E-state index is 0.276. The van der Waals surface area contributed by atoms with Gasteiger partial charge in [0.25, 0.3) is 0 Å². The number of rotatable bonds is 5. The molecule has 33 heavy (non-hydrogen) atoms. The Morgan fingerprint density at radius 3 is 2.79 bits per heavy atom. The number of oxime groups is 1. The highest BCUT2D eigenvalue weighted by Crippen LogP contribution is 2.45. The molecule has 4 aromatic rings. The summed E-state index contributed by atoms with van der Waals surface area (Å²) < 4.78 is 1.91. The van der Waals surface area contributed by atoms with E-state index in [0.717, 1.165) is 78.2 Å². The van der Waals surface area contributed by atoms with Crippen LogP contribution in [0.2, 0.25) is 0 Å². The fraction of sp³-hybridized carbons (Fsp3) is 0.391. The third-order valence-corrected chi connectivity index (χ3v) is 6.78. The number of nitrogens with one attached hydrogen (secondary N) is 2. The van der Waals surface area contributed by atoms with Crippen LogP contribution in [0.4, 0.5) is 11.4 Å². The molecule has 4 heterocycles. The van der Waals surface area contributed by atoms with Crippen LogP contribution in [0.1, 0.15) is 56.3 Å². The summed E-state index contributed by atoms with van der Waals surface area (Å²) >= 11 is 0. The monoisotopic (exact) mass is 443 g/mol. The molecule has 168 valence electrons. The van der Waals surface area contributed by atoms with Crippen molar-refractivity contribution >= 4 is 28.1 Å². The van der Waals surface area contributed by atoms with Crippen LogP contribution in [0.15, 0.2) is 47.9 Å². The van der Waals surface area contributed by atoms with Gasteiger partial charge in [-0.15, -0.1) is 10.2 Å². The topological polar surface area (TPSA) is 119 Å². The van der Waals surface area contributed by atoms with Crippen LogP contribution in [0.25, 0.3) is 11.0 Å². The summed E-state index contributed by atoms with van der Waals surface area (Å²) in [5.41, 5.74) is 4.43. The van der Waals surface area contributed by atoms with Gasteiger partial charge in [-0.1, -0.05) is 28.6 Å². The van der Waals surface area contributed by atoms with Gasteiger partial charge in [-0.25, -0.2) is 9.67 Å². The number of para-hydroxylation sites is 1. The molecule has 10 heteroatoms. The number of hydrogen-bond acceptors (Lipinski definition) is 8. The van der Waals surface area contributed by atoms with E-state index < -0.39 is 0 Å². The van der Waals surface area contributed by atoms with E-state index in [0.29, 0.717) is 5.92 Å². The lowest BCUT2D eigenvalue weighted by atomic mass is 9.76. The average Bonchev–Trinajstić information content (AvgIpc) is 3.61. The summed E-state index contributed by atoms with van der Waals surface area (Å²) in [7, 11) is 0. The standard InChI is InChI=1S/C23H25N9O/c1-2-32-22-18(14-25-32)20(26-16-6-4-3-5-7-16)17(13-24-22)19-12-23(33-29-19)10-8-15(9-11-23)21-27-30-31-28-21/h3-7,13-15H,2,8-12H2,1H3,(H,24,26)(H,27,28,30,31). The number of aryl methyl sites for hydroxylation is 1. The molecular weight excluding hydrogens is 418 g/mol. The van der Waals surface area contributed by atoms with Crippen LogP contribution in [0, 0.1) is 0 Å². The fourth-order valence-electron chi connectivity index (χ4n) is 4.96. The number of benzene rings is 1. The second kappa shape index (κ2) is 7.95. The Labute approximate surface area is 190 Å². The van der Waals surface area contributed by atoms with Gasteiger partial charge < -0.3 is 10.2 Å². The maximum atomic E-state index is 6.11. The normalized spacial score (nSPS) is 22.5. The van der Waals surface area contributed by atoms with Crippen LogP contribution >= 0.6 is 0 Å². The van der Waals surface area contributed by atoms with Crippen molar-refractivity contribution in [2.75, 3.05) is 5.32 Å². The molecular formula is C23H25N9O. The van der Waals surface area contributed by atoms with E-state index in [9.17, 15) is 0 Å². The molecule has 0 amide bonds. The first-order valence-corrected chi connectivity index (χ1v) is 11.4. The molecule has 10 nitrogen and oxygen atoms in total. The van der Waals surface area contributed by atoms with Crippen LogP contribution in [0.3, 0.4) is 0 Å². The highest BCUT2D eigenvalue weighted by atomic mass is 16.7. The number of aromatic amines is 1. The molecule has 1 aliphatic carbocycles. The molecule has 0 unspecified atom stereocenters. The van der Waals surface area contributed by atoms with Crippen LogP contribution < -0.4 is 5.32 Å². The van der Waals surface area contributed by atoms with Crippen molar-refractivity contribution < 1.29 is 4.84 Å². The maximum Gasteiger partial charge on any atom is 0.177 e. The third kappa shape index (κ3) is 3.51. The number of nitrogens with zero attached hydrogens (tertiary/aromatic N) is 7. The summed E-state index contributed by atoms with van der Waals surface area (Å²) in [5.74, 6) is 1.11. The van der Waals surface area contributed by atoms with Crippen molar-refractivity contribution in [3.8, 4) is 0 Å². The summed E-state index contributed by atoms with van der Waals surface area (Å²) in [6.45, 7) is 2.82. The smallest absolute Gasteiger partial charge is 0.177 e. The minimum atomic E-state index is -0.276. The lowest BCUT2D eigenvalue weighted by Crippen LogP contribution is -2.34. The Morgan fingerprint density at radius 1 is 1.18 bits per heavy atom. The van der Waals surface area contributed by atoms with Crippen molar-refractivity contribution in [3.05, 3.63) is 54.1 Å². The van der Waals surface area contributed by atoms with E-state index >= 15 is 0 Å². The van der Waals surface area contributed by atoms with Gasteiger partial charge in [-0.3, -0.25) is 0 Å². The molecule has 2 aliphatic rings. The SMILES string of the molecule is CCn1ncc2c(Nc3ccccc3)c(C3=NOC4(CCC(c5nn[nH]n5)CC4)C3)cnc21. The molecule has 1 aliphatic heterocycles. The number of pyridine rings is 1. The highest BCUT2D eigenvalue weighted by Gasteiger charge is 2.44. The highest BCUT2D eigenvalue weighted by molar-refractivity contribution is 6.11. The average molecular weight is 444 g/mol. The Hall–Kier alpha value is -3.82. The van der Waals surface area contributed by atoms with E-state index in [1.165, 1.54) is 0 Å². The van der Waals surface area contributed by atoms with Crippen LogP contribution in [0.5, 0.6) is 0 Å². The van der Waals surface area contributed by atoms with Crippen molar-refractivity contribution in [1.82, 2.24) is 35.4 Å². The van der Waals surface area contributed by atoms with E-state index in [2.05, 4.69) is 43.1 Å². The number of hydrogen-bond donors (Lipinski definition) is 2. The van der Waals surface area contributed by atoms with Crippen molar-refractivity contribution in [2.45, 2.75) is 57.1 Å². The van der Waals surface area contributed by atoms with Gasteiger partial charge in [-0.2, -0.15) is 10.3 Å². The number of H-pyrrole nitrogens is 1. The molecule has 1 saturated carbocycles. The van der Waals surface area contributed by atoms with Gasteiger partial charge in [0.15, 0.2) is 11.5 Å². The molecule has 3 aromatic heterocycles. The van der Waals surface area contributed by atoms with Gasteiger partial charge in [0.05, 0.1) is 23.0 Å². The summed E-state index contributed by atoms with van der Waals surface area (Å²) in [6.07, 6.45) is 8.26. The van der Waals surface area contributed by atoms with E-state index in [1.807, 2.05) is 47.4 Å². The first kappa shape index (κ1) is 19.8. The first-order chi connectivity index (χ1) is 16.2. The first-order valence-electron chi connectivity index (χ1n) is 11.4. The van der Waals surface area contributed by atoms with Gasteiger partial charge >= 0.3 is 0 Å². The van der Waals surface area contributed by atoms with E-state index in [-0.39, 0.29) is 5.60 Å². The lowest BCUT2D eigenvalue weighted by Gasteiger charge is -2.33. The van der Waals surface area contributed by atoms with Gasteiger partial charge in [0, 0.05) is 36.3 Å². The van der Waals surface area contributed by atoms with E-state index in [4.69, 9.17) is 9.82 Å². The summed E-state index contributed by atoms with van der Waals surface area (Å²) in [6, 6.07) is 10.1. The van der Waals surface area contributed by atoms with Crippen molar-refractivity contribution in [2.24, 2.45) is 5.16 Å². The second-order valence-electron chi connectivity index (χ2n) is 8.77. The van der Waals surface area contributed by atoms with Crippen molar-refractivity contribution in [3.63, 3.8) is 0 Å². The maximum absolute atomic E-state index is 6.11. The molecule has 0 radical (unpaired) electrons. The predicted molar refractivity (Wildman–Crippen MR) is 123 cm³/mol. The Kier molecular flexibility index (Phi) is 4.78. The predicted octanol–water partition coefficient (Wildman–Crippen LogP) is 3.93. The zero-order valence-electron chi connectivity index (χ0n) is 18.4. The molecule has 1 fully saturated rings. The zero-order valence-corrected chi connectivity index (χ0v) is 18.4. The molecule has 0 atom stereocenters. The number of tetrazole rings is 1. The van der Waals surface area contributed by atoms with Crippen LogP contribution in [-0.4, -0.2) is 46.7 Å². The molecule has 0 saturated heterocycles. The summed E-state index contributed by atoms with van der Waals surface area (Å²) in [5, 5.41) is 28.2. The van der Waals surface area contributed by atoms with Crippen LogP contribution in [-0.2, 0) is 11.4 Å². The minimum Gasteiger partial charge on any atom is -0.389 e. The van der Waals surface area contributed by atoms with Crippen molar-refractivity contribution in [1.29, 1.82) is 0 Å². The van der Waals surface area contributed by atoms with E-state index in [1.54, 1.807) is 0 Å². The zero-order chi connectivity index (χ0) is 22.3. The Balaban J connectivity index is 1.30. The third-order valence-electron chi connectivity index (χ3n) is 6.78. The fourth-order valence-corrected chi connectivity index (χ4v) is 4.96. The number of fused-ring (bicyclic) bond motifs is 1. The number of aromatic nitrogens is 7. The summed E-state index contributed by atoms with van der Waals surface area (Å²) in [4.78, 5) is 10.8. The molecule has 6 rings (SSSR count). The van der Waals surface area contributed by atoms with Gasteiger partial charge in [0.2, 0.25) is 0 Å². The molecule has 2 N–H and O–H groups in total. The quantitative estimate of drug-likeness (QED) is 0.480. The second-order valence-corrected chi connectivity index (χ2v) is 8.77. The number of anilines is 2. The lowest BCUT2D eigenvalue weighted by molar-refractivity contribution is -0.0488. The van der Waals surface area contributed by atoms with Gasteiger partial charge in [0.1, 0.15) is 5.60 Å². The molecule has 0 bridgehead atoms. The largest absolute Gasteiger partial charge is 0.389 e. The molecule has 1 spiro atoms.